The summed E-state index contributed by atoms with van der Waals surface area (Å²) >= 11 is 1.46. The lowest BCUT2D eigenvalue weighted by molar-refractivity contribution is -0.0573. The van der Waals surface area contributed by atoms with Crippen molar-refractivity contribution in [3.8, 4) is 0 Å². The Morgan fingerprint density at radius 2 is 2.10 bits per heavy atom. The molecule has 0 saturated heterocycles. The van der Waals surface area contributed by atoms with Crippen LogP contribution in [0.5, 0.6) is 0 Å². The van der Waals surface area contributed by atoms with E-state index in [0.29, 0.717) is 17.9 Å². The summed E-state index contributed by atoms with van der Waals surface area (Å²) in [5.74, 6) is 0. The molecule has 6 heteroatoms. The van der Waals surface area contributed by atoms with Crippen LogP contribution in [0.3, 0.4) is 0 Å². The molecular weight excluding hydrogens is 382 g/mol. The van der Waals surface area contributed by atoms with Crippen LogP contribution in [0.25, 0.3) is 20.4 Å². The normalized spacial score (nSPS) is 19.0. The lowest BCUT2D eigenvalue weighted by atomic mass is 9.91. The molecule has 5 nitrogen and oxygen atoms in total. The Labute approximate surface area is 173 Å². The van der Waals surface area contributed by atoms with Crippen molar-refractivity contribution in [2.45, 2.75) is 51.9 Å². The molecule has 4 heterocycles. The highest BCUT2D eigenvalue weighted by Gasteiger charge is 2.30. The first-order valence-electron chi connectivity index (χ1n) is 10.0. The number of rotatable bonds is 4. The minimum Gasteiger partial charge on any atom is -0.370 e. The molecule has 0 N–H and O–H groups in total. The van der Waals surface area contributed by atoms with Crippen molar-refractivity contribution in [2.24, 2.45) is 0 Å². The van der Waals surface area contributed by atoms with Crippen molar-refractivity contribution in [3.05, 3.63) is 69.9 Å². The fourth-order valence-electron chi connectivity index (χ4n) is 3.89. The van der Waals surface area contributed by atoms with Crippen molar-refractivity contribution in [3.63, 3.8) is 0 Å². The Kier molecular flexibility index (Phi) is 4.48. The lowest BCUT2D eigenvalue weighted by Gasteiger charge is -2.33. The second kappa shape index (κ2) is 7.04. The van der Waals surface area contributed by atoms with Crippen LogP contribution in [-0.2, 0) is 30.7 Å². The van der Waals surface area contributed by atoms with Crippen LogP contribution >= 0.6 is 11.3 Å². The highest BCUT2D eigenvalue weighted by molar-refractivity contribution is 7.25. The zero-order chi connectivity index (χ0) is 20.0. The van der Waals surface area contributed by atoms with Crippen LogP contribution in [-0.4, -0.2) is 20.1 Å². The third kappa shape index (κ3) is 3.26. The van der Waals surface area contributed by atoms with Crippen molar-refractivity contribution in [1.29, 1.82) is 0 Å². The van der Waals surface area contributed by atoms with Gasteiger partial charge in [-0.25, -0.2) is 9.97 Å². The molecule has 1 aliphatic rings. The highest BCUT2D eigenvalue weighted by Crippen LogP contribution is 2.35. The minimum atomic E-state index is -0.160. The Balaban J connectivity index is 1.54. The number of pyridine rings is 1. The number of aromatic nitrogens is 3. The van der Waals surface area contributed by atoms with E-state index in [9.17, 15) is 4.79 Å². The van der Waals surface area contributed by atoms with E-state index < -0.39 is 0 Å². The summed E-state index contributed by atoms with van der Waals surface area (Å²) in [7, 11) is 0. The van der Waals surface area contributed by atoms with E-state index in [-0.39, 0.29) is 11.2 Å². The molecule has 29 heavy (non-hydrogen) atoms. The molecule has 4 aromatic rings. The van der Waals surface area contributed by atoms with Gasteiger partial charge in [0.25, 0.3) is 5.56 Å². The van der Waals surface area contributed by atoms with Gasteiger partial charge in [-0.1, -0.05) is 37.3 Å². The van der Waals surface area contributed by atoms with Crippen LogP contribution in [0.15, 0.2) is 47.5 Å². The maximum absolute atomic E-state index is 13.1. The topological polar surface area (TPSA) is 57.0 Å². The van der Waals surface area contributed by atoms with Crippen LogP contribution in [0.1, 0.15) is 37.1 Å². The lowest BCUT2D eigenvalue weighted by Crippen LogP contribution is -2.35. The van der Waals surface area contributed by atoms with Crippen LogP contribution in [0, 0.1) is 0 Å². The van der Waals surface area contributed by atoms with Gasteiger partial charge in [0.1, 0.15) is 9.53 Å². The van der Waals surface area contributed by atoms with E-state index in [0.717, 1.165) is 46.3 Å². The van der Waals surface area contributed by atoms with Crippen molar-refractivity contribution >= 4 is 31.8 Å². The summed E-state index contributed by atoms with van der Waals surface area (Å²) in [5, 5.41) is 0.958. The molecule has 0 unspecified atom stereocenters. The second-order valence-corrected chi connectivity index (χ2v) is 8.97. The van der Waals surface area contributed by atoms with Gasteiger partial charge in [-0.2, -0.15) is 0 Å². The molecule has 0 aliphatic carbocycles. The number of benzene rings is 1. The smallest absolute Gasteiger partial charge is 0.271 e. The zero-order valence-corrected chi connectivity index (χ0v) is 17.5. The van der Waals surface area contributed by atoms with E-state index in [4.69, 9.17) is 9.72 Å². The third-order valence-electron chi connectivity index (χ3n) is 5.96. The Bertz CT molecular complexity index is 1260. The van der Waals surface area contributed by atoms with Gasteiger partial charge in [0.05, 0.1) is 29.7 Å². The molecule has 1 aromatic carbocycles. The van der Waals surface area contributed by atoms with Crippen LogP contribution in [0.2, 0.25) is 0 Å². The quantitative estimate of drug-likeness (QED) is 0.502. The summed E-state index contributed by atoms with van der Waals surface area (Å²) in [4.78, 5) is 23.5. The fraction of sp³-hybridized carbons (Fsp3) is 0.348. The third-order valence-corrected chi connectivity index (χ3v) is 7.03. The first kappa shape index (κ1) is 18.5. The highest BCUT2D eigenvalue weighted by atomic mass is 32.1. The molecule has 1 atom stereocenters. The maximum Gasteiger partial charge on any atom is 0.271 e. The summed E-state index contributed by atoms with van der Waals surface area (Å²) in [6.45, 7) is 5.46. The maximum atomic E-state index is 13.1. The molecule has 0 radical (unpaired) electrons. The monoisotopic (exact) mass is 405 g/mol. The molecule has 148 valence electrons. The zero-order valence-electron chi connectivity index (χ0n) is 16.6. The molecule has 0 fully saturated rings. The Hall–Kier alpha value is -2.57. The van der Waals surface area contributed by atoms with Gasteiger partial charge < -0.3 is 4.74 Å². The first-order valence-corrected chi connectivity index (χ1v) is 10.9. The standard InChI is InChI=1S/C23H23N3O2S/c1-3-23(2)12-18-16(13-28-23)11-17-19-20(29-21(17)25-18)22(27)26(14-24-19)10-9-15-7-5-4-6-8-15/h4-8,11,14H,3,9-10,12-13H2,1-2H3/t23-/m1/s1. The summed E-state index contributed by atoms with van der Waals surface area (Å²) in [5.41, 5.74) is 4.02. The summed E-state index contributed by atoms with van der Waals surface area (Å²) in [6, 6.07) is 12.3. The Morgan fingerprint density at radius 3 is 2.90 bits per heavy atom. The number of thiophene rings is 1. The first-order chi connectivity index (χ1) is 14.1. The SMILES string of the molecule is CC[C@]1(C)Cc2nc3sc4c(=O)n(CCc5ccccc5)cnc4c3cc2CO1. The molecule has 0 saturated carbocycles. The fourth-order valence-corrected chi connectivity index (χ4v) is 4.97. The number of aryl methyl sites for hydroxylation is 2. The number of nitrogens with zero attached hydrogens (tertiary/aromatic N) is 3. The van der Waals surface area contributed by atoms with Crippen LogP contribution in [0.4, 0.5) is 0 Å². The van der Waals surface area contributed by atoms with Crippen LogP contribution < -0.4 is 5.56 Å². The summed E-state index contributed by atoms with van der Waals surface area (Å²) in [6.07, 6.45) is 4.23. The van der Waals surface area contributed by atoms with Crippen molar-refractivity contribution in [2.75, 3.05) is 0 Å². The van der Waals surface area contributed by atoms with Gasteiger partial charge >= 0.3 is 0 Å². The average molecular weight is 406 g/mol. The number of hydrogen-bond acceptors (Lipinski definition) is 5. The molecule has 5 rings (SSSR count). The molecule has 0 spiro atoms. The molecule has 0 bridgehead atoms. The molecule has 0 amide bonds. The second-order valence-electron chi connectivity index (χ2n) is 7.97. The predicted molar refractivity (Wildman–Crippen MR) is 117 cm³/mol. The van der Waals surface area contributed by atoms with Gasteiger partial charge in [0.15, 0.2) is 0 Å². The average Bonchev–Trinajstić information content (AvgIpc) is 3.11. The molecular formula is C23H23N3O2S. The van der Waals surface area contributed by atoms with Crippen molar-refractivity contribution < 1.29 is 4.74 Å². The number of ether oxygens (including phenoxy) is 1. The molecule has 1 aliphatic heterocycles. The van der Waals surface area contributed by atoms with E-state index in [1.807, 2.05) is 18.2 Å². The minimum absolute atomic E-state index is 0.0153. The van der Waals surface area contributed by atoms with Gasteiger partial charge in [0.2, 0.25) is 0 Å². The van der Waals surface area contributed by atoms with E-state index in [2.05, 4.69) is 37.0 Å². The van der Waals surface area contributed by atoms with E-state index in [1.54, 1.807) is 10.9 Å². The van der Waals surface area contributed by atoms with E-state index in [1.165, 1.54) is 16.9 Å². The van der Waals surface area contributed by atoms with E-state index >= 15 is 0 Å². The number of fused-ring (bicyclic) bond motifs is 4. The van der Waals surface area contributed by atoms with Gasteiger partial charge in [-0.3, -0.25) is 9.36 Å². The van der Waals surface area contributed by atoms with Gasteiger partial charge in [0, 0.05) is 23.9 Å². The van der Waals surface area contributed by atoms with Gasteiger partial charge in [-0.15, -0.1) is 11.3 Å². The predicted octanol–water partition coefficient (Wildman–Crippen LogP) is 4.49. The van der Waals surface area contributed by atoms with Gasteiger partial charge in [-0.05, 0) is 31.4 Å². The molecule has 3 aromatic heterocycles. The number of hydrogen-bond donors (Lipinski definition) is 0. The Morgan fingerprint density at radius 1 is 1.28 bits per heavy atom. The largest absolute Gasteiger partial charge is 0.370 e. The summed E-state index contributed by atoms with van der Waals surface area (Å²) < 4.78 is 8.47. The van der Waals surface area contributed by atoms with Crippen molar-refractivity contribution in [1.82, 2.24) is 14.5 Å².